The molecule has 0 amide bonds. The highest BCUT2D eigenvalue weighted by Gasteiger charge is 2.31. The number of pyridine rings is 1. The summed E-state index contributed by atoms with van der Waals surface area (Å²) in [5, 5.41) is 3.82. The van der Waals surface area contributed by atoms with Crippen LogP contribution in [0.3, 0.4) is 0 Å². The Morgan fingerprint density at radius 2 is 1.95 bits per heavy atom. The van der Waals surface area contributed by atoms with Crippen molar-refractivity contribution in [3.63, 3.8) is 0 Å². The first-order valence-electron chi connectivity index (χ1n) is 6.36. The topological polar surface area (TPSA) is 37.3 Å². The number of nitrogens with one attached hydrogen (secondary N) is 1. The molecule has 0 aliphatic rings. The molecule has 0 radical (unpaired) electrons. The molecule has 0 aliphatic heterocycles. The second kappa shape index (κ2) is 6.36. The Balaban J connectivity index is 2.15. The Kier molecular flexibility index (Phi) is 4.71. The number of hydrazone groups is 1. The van der Waals surface area contributed by atoms with Crippen molar-refractivity contribution in [2.75, 3.05) is 5.43 Å². The molecule has 0 bridgehead atoms. The minimum Gasteiger partial charge on any atom is -0.260 e. The summed E-state index contributed by atoms with van der Waals surface area (Å²) in [6.07, 6.45) is -2.20. The average molecular weight is 328 g/mol. The van der Waals surface area contributed by atoms with E-state index in [2.05, 4.69) is 15.5 Å². The summed E-state index contributed by atoms with van der Waals surface area (Å²) in [6, 6.07) is 6.70. The molecule has 2 rings (SSSR count). The third-order valence-electron chi connectivity index (χ3n) is 2.98. The van der Waals surface area contributed by atoms with Crippen molar-refractivity contribution in [3.8, 4) is 0 Å². The Hall–Kier alpha value is -2.08. The summed E-state index contributed by atoms with van der Waals surface area (Å²) >= 11 is 5.77. The van der Waals surface area contributed by atoms with Crippen LogP contribution in [0.15, 0.2) is 35.6 Å². The van der Waals surface area contributed by atoms with E-state index in [0.29, 0.717) is 6.20 Å². The van der Waals surface area contributed by atoms with E-state index in [0.717, 1.165) is 22.8 Å². The lowest BCUT2D eigenvalue weighted by atomic mass is 10.1. The molecule has 7 heteroatoms. The SMILES string of the molecule is Cc1ccc(C)c(C=NNc2ncc(C(F)(F)F)cc2Cl)c1. The Labute approximate surface area is 130 Å². The minimum atomic E-state index is -4.48. The maximum absolute atomic E-state index is 12.5. The number of hydrogen-bond acceptors (Lipinski definition) is 3. The molecule has 0 fully saturated rings. The fourth-order valence-electron chi connectivity index (χ4n) is 1.74. The van der Waals surface area contributed by atoms with Crippen molar-refractivity contribution in [1.29, 1.82) is 0 Å². The van der Waals surface area contributed by atoms with E-state index in [1.165, 1.54) is 0 Å². The first-order valence-corrected chi connectivity index (χ1v) is 6.74. The number of aryl methyl sites for hydroxylation is 2. The van der Waals surface area contributed by atoms with Gasteiger partial charge in [-0.05, 0) is 31.0 Å². The van der Waals surface area contributed by atoms with Crippen LogP contribution in [0, 0.1) is 13.8 Å². The summed E-state index contributed by atoms with van der Waals surface area (Å²) in [5.74, 6) is 0.0659. The summed E-state index contributed by atoms with van der Waals surface area (Å²) in [4.78, 5) is 3.64. The number of hydrogen-bond donors (Lipinski definition) is 1. The van der Waals surface area contributed by atoms with E-state index in [9.17, 15) is 13.2 Å². The Bertz CT molecular complexity index is 712. The normalized spacial score (nSPS) is 11.9. The standard InChI is InChI=1S/C15H13ClF3N3/c1-9-3-4-10(2)11(5-9)7-21-22-14-13(16)6-12(8-20-14)15(17,18)19/h3-8H,1-2H3,(H,20,22). The van der Waals surface area contributed by atoms with Gasteiger partial charge in [0.25, 0.3) is 0 Å². The van der Waals surface area contributed by atoms with Gasteiger partial charge in [0.15, 0.2) is 5.82 Å². The van der Waals surface area contributed by atoms with E-state index in [1.54, 1.807) is 6.21 Å². The van der Waals surface area contributed by atoms with E-state index in [-0.39, 0.29) is 10.8 Å². The molecule has 1 aromatic heterocycles. The van der Waals surface area contributed by atoms with Gasteiger partial charge in [0.2, 0.25) is 0 Å². The number of benzene rings is 1. The smallest absolute Gasteiger partial charge is 0.260 e. The van der Waals surface area contributed by atoms with Crippen LogP contribution in [0.2, 0.25) is 5.02 Å². The van der Waals surface area contributed by atoms with Gasteiger partial charge in [-0.25, -0.2) is 4.98 Å². The number of nitrogens with zero attached hydrogens (tertiary/aromatic N) is 2. The molecule has 0 saturated heterocycles. The lowest BCUT2D eigenvalue weighted by Gasteiger charge is -2.08. The van der Waals surface area contributed by atoms with Crippen LogP contribution >= 0.6 is 11.6 Å². The largest absolute Gasteiger partial charge is 0.417 e. The molecule has 0 unspecified atom stereocenters. The zero-order valence-electron chi connectivity index (χ0n) is 11.9. The molecular formula is C15H13ClF3N3. The van der Waals surface area contributed by atoms with Crippen molar-refractivity contribution in [1.82, 2.24) is 4.98 Å². The van der Waals surface area contributed by atoms with Crippen molar-refractivity contribution < 1.29 is 13.2 Å². The molecular weight excluding hydrogens is 315 g/mol. The van der Waals surface area contributed by atoms with Gasteiger partial charge in [-0.1, -0.05) is 35.4 Å². The van der Waals surface area contributed by atoms with Crippen LogP contribution in [0.1, 0.15) is 22.3 Å². The molecule has 1 N–H and O–H groups in total. The highest BCUT2D eigenvalue weighted by molar-refractivity contribution is 6.32. The van der Waals surface area contributed by atoms with Crippen LogP contribution in [0.5, 0.6) is 0 Å². The van der Waals surface area contributed by atoms with Crippen LogP contribution in [0.25, 0.3) is 0 Å². The lowest BCUT2D eigenvalue weighted by molar-refractivity contribution is -0.137. The quantitative estimate of drug-likeness (QED) is 0.648. The summed E-state index contributed by atoms with van der Waals surface area (Å²) in [5.41, 5.74) is 4.65. The first kappa shape index (κ1) is 16.3. The number of aromatic nitrogens is 1. The summed E-state index contributed by atoms with van der Waals surface area (Å²) in [7, 11) is 0. The highest BCUT2D eigenvalue weighted by atomic mass is 35.5. The minimum absolute atomic E-state index is 0.0659. The van der Waals surface area contributed by atoms with E-state index < -0.39 is 11.7 Å². The van der Waals surface area contributed by atoms with Gasteiger partial charge in [0, 0.05) is 6.20 Å². The monoisotopic (exact) mass is 327 g/mol. The van der Waals surface area contributed by atoms with Gasteiger partial charge in [-0.15, -0.1) is 0 Å². The molecule has 0 atom stereocenters. The fraction of sp³-hybridized carbons (Fsp3) is 0.200. The Morgan fingerprint density at radius 1 is 1.23 bits per heavy atom. The molecule has 2 aromatic rings. The Morgan fingerprint density at radius 3 is 2.59 bits per heavy atom. The second-order valence-electron chi connectivity index (χ2n) is 4.78. The second-order valence-corrected chi connectivity index (χ2v) is 5.19. The lowest BCUT2D eigenvalue weighted by Crippen LogP contribution is -2.06. The van der Waals surface area contributed by atoms with E-state index in [1.807, 2.05) is 32.0 Å². The number of alkyl halides is 3. The van der Waals surface area contributed by atoms with Crippen molar-refractivity contribution in [2.24, 2.45) is 5.10 Å². The van der Waals surface area contributed by atoms with Gasteiger partial charge in [-0.3, -0.25) is 5.43 Å². The van der Waals surface area contributed by atoms with Gasteiger partial charge in [0.1, 0.15) is 0 Å². The van der Waals surface area contributed by atoms with Crippen molar-refractivity contribution >= 4 is 23.6 Å². The maximum atomic E-state index is 12.5. The molecule has 22 heavy (non-hydrogen) atoms. The maximum Gasteiger partial charge on any atom is 0.417 e. The predicted octanol–water partition coefficient (Wildman–Crippen LogP) is 4.82. The molecule has 0 saturated carbocycles. The first-order chi connectivity index (χ1) is 10.3. The van der Waals surface area contributed by atoms with Gasteiger partial charge < -0.3 is 0 Å². The number of anilines is 1. The van der Waals surface area contributed by atoms with E-state index >= 15 is 0 Å². The summed E-state index contributed by atoms with van der Waals surface area (Å²) < 4.78 is 37.5. The van der Waals surface area contributed by atoms with Gasteiger partial charge in [-0.2, -0.15) is 18.3 Å². The predicted molar refractivity (Wildman–Crippen MR) is 81.4 cm³/mol. The highest BCUT2D eigenvalue weighted by Crippen LogP contribution is 2.32. The fourth-order valence-corrected chi connectivity index (χ4v) is 1.95. The van der Waals surface area contributed by atoms with Crippen LogP contribution < -0.4 is 5.43 Å². The molecule has 1 heterocycles. The zero-order chi connectivity index (χ0) is 16.3. The molecule has 3 nitrogen and oxygen atoms in total. The van der Waals surface area contributed by atoms with Crippen LogP contribution in [-0.4, -0.2) is 11.2 Å². The zero-order valence-corrected chi connectivity index (χ0v) is 12.6. The van der Waals surface area contributed by atoms with Gasteiger partial charge >= 0.3 is 6.18 Å². The molecule has 1 aromatic carbocycles. The summed E-state index contributed by atoms with van der Waals surface area (Å²) in [6.45, 7) is 3.89. The number of halogens is 4. The van der Waals surface area contributed by atoms with Crippen LogP contribution in [-0.2, 0) is 6.18 Å². The molecule has 116 valence electrons. The molecule has 0 spiro atoms. The van der Waals surface area contributed by atoms with Crippen molar-refractivity contribution in [2.45, 2.75) is 20.0 Å². The van der Waals surface area contributed by atoms with Gasteiger partial charge in [0.05, 0.1) is 16.8 Å². The van der Waals surface area contributed by atoms with E-state index in [4.69, 9.17) is 11.6 Å². The van der Waals surface area contributed by atoms with Crippen LogP contribution in [0.4, 0.5) is 19.0 Å². The third kappa shape index (κ3) is 3.98. The molecule has 0 aliphatic carbocycles. The number of rotatable bonds is 3. The third-order valence-corrected chi connectivity index (χ3v) is 3.27. The van der Waals surface area contributed by atoms with Crippen molar-refractivity contribution in [3.05, 3.63) is 57.7 Å². The average Bonchev–Trinajstić information content (AvgIpc) is 2.43.